The Hall–Kier alpha value is -6.90. The summed E-state index contributed by atoms with van der Waals surface area (Å²) in [6.07, 6.45) is 14.3. The molecule has 3 amide bonds. The first-order chi connectivity index (χ1) is 69.3. The number of thiophene rings is 4. The first kappa shape index (κ1) is 132. The van der Waals surface area contributed by atoms with Gasteiger partial charge in [-0.25, -0.2) is 24.1 Å². The largest absolute Gasteiger partial charge is 1.00 e. The fourth-order valence-corrected chi connectivity index (χ4v) is 21.2. The van der Waals surface area contributed by atoms with Crippen molar-refractivity contribution in [2.24, 2.45) is 4.99 Å². The average molecular weight is 2370 g/mol. The van der Waals surface area contributed by atoms with Crippen molar-refractivity contribution in [2.75, 3.05) is 59.2 Å². The van der Waals surface area contributed by atoms with Gasteiger partial charge in [-0.2, -0.15) is 6.42 Å². The zero-order chi connectivity index (χ0) is 107. The molecule has 36 heteroatoms. The Labute approximate surface area is 957 Å². The van der Waals surface area contributed by atoms with E-state index in [-0.39, 0.29) is 79.5 Å². The topological polar surface area (TPSA) is 271 Å². The van der Waals surface area contributed by atoms with Crippen LogP contribution in [0.15, 0.2) is 205 Å². The Kier molecular flexibility index (Phi) is 59.6. The number of aliphatic imine (C=N–C) groups is 1. The molecule has 4 aromatic heterocycles. The summed E-state index contributed by atoms with van der Waals surface area (Å²) in [6.45, 7) is 35.4. The van der Waals surface area contributed by atoms with Gasteiger partial charge in [0.25, 0.3) is 0 Å². The maximum Gasteiger partial charge on any atom is 1.00 e. The van der Waals surface area contributed by atoms with Gasteiger partial charge in [-0.1, -0.05) is 200 Å². The van der Waals surface area contributed by atoms with E-state index in [0.717, 1.165) is 144 Å². The molecule has 7 aliphatic rings. The van der Waals surface area contributed by atoms with Crippen LogP contribution in [-0.4, -0.2) is 141 Å². The van der Waals surface area contributed by atoms with Gasteiger partial charge in [-0.05, 0) is 335 Å². The molecule has 6 aliphatic heterocycles. The smallest absolute Gasteiger partial charge is 0.444 e. The number of ether oxygens (including phenoxy) is 9. The number of benzene rings is 6. The summed E-state index contributed by atoms with van der Waals surface area (Å²) in [5.41, 5.74) is 7.69. The molecule has 6 fully saturated rings. The second-order valence-electron chi connectivity index (χ2n) is 37.8. The van der Waals surface area contributed by atoms with Crippen molar-refractivity contribution in [2.45, 2.75) is 265 Å². The summed E-state index contributed by atoms with van der Waals surface area (Å²) < 4.78 is 54.2. The molecule has 22 nitrogen and oxygen atoms in total. The van der Waals surface area contributed by atoms with Crippen molar-refractivity contribution < 1.29 is 101 Å². The first-order valence-electron chi connectivity index (χ1n) is 48.9. The number of carbonyl (C=O) groups excluding carboxylic acids is 8. The maximum absolute atomic E-state index is 11.9. The van der Waals surface area contributed by atoms with Gasteiger partial charge in [-0.3, -0.25) is 24.2 Å². The molecular weight excluding hydrogens is 2230 g/mol. The number of imide groups is 1. The van der Waals surface area contributed by atoms with Crippen molar-refractivity contribution in [1.82, 2.24) is 20.9 Å². The minimum Gasteiger partial charge on any atom is -0.444 e. The Morgan fingerprint density at radius 1 is 0.527 bits per heavy atom. The Balaban J connectivity index is 0.000000349. The summed E-state index contributed by atoms with van der Waals surface area (Å²) in [5, 5.41) is 22.8. The van der Waals surface area contributed by atoms with E-state index in [4.69, 9.17) is 109 Å². The van der Waals surface area contributed by atoms with Crippen LogP contribution >= 0.6 is 159 Å². The van der Waals surface area contributed by atoms with E-state index in [2.05, 4.69) is 130 Å². The van der Waals surface area contributed by atoms with Crippen molar-refractivity contribution in [3.8, 4) is 0 Å². The molecule has 6 aromatic carbocycles. The third-order valence-electron chi connectivity index (χ3n) is 21.9. The molecule has 3 N–H and O–H groups in total. The number of alkyl carbamates (subject to hydrolysis) is 1. The molecule has 1 saturated carbocycles. The van der Waals surface area contributed by atoms with E-state index in [9.17, 15) is 38.4 Å². The number of nitrogens with one attached hydrogen (secondary N) is 3. The summed E-state index contributed by atoms with van der Waals surface area (Å²) in [7, 11) is 0. The number of carbonyl (C=O) groups is 8. The Morgan fingerprint density at radius 3 is 1.36 bits per heavy atom. The van der Waals surface area contributed by atoms with Crippen LogP contribution < -0.4 is 34.8 Å². The number of halogens is 9. The maximum atomic E-state index is 11.9. The molecule has 5 saturated heterocycles. The summed E-state index contributed by atoms with van der Waals surface area (Å²) in [5.74, 6) is -0.118. The van der Waals surface area contributed by atoms with Gasteiger partial charge in [-0.15, -0.1) is 57.8 Å². The van der Waals surface area contributed by atoms with Gasteiger partial charge >= 0.3 is 43.4 Å². The van der Waals surface area contributed by atoms with Crippen LogP contribution in [0, 0.1) is 6.92 Å². The summed E-state index contributed by atoms with van der Waals surface area (Å²) in [4.78, 5) is 99.0. The monoisotopic (exact) mass is 2370 g/mol. The van der Waals surface area contributed by atoms with Crippen LogP contribution in [0.5, 0.6) is 0 Å². The third-order valence-corrected chi connectivity index (χ3v) is 28.2. The molecule has 10 heterocycles. The van der Waals surface area contributed by atoms with Crippen LogP contribution in [0.3, 0.4) is 0 Å². The van der Waals surface area contributed by atoms with Gasteiger partial charge in [0.1, 0.15) is 22.4 Å². The number of hydrogen-bond donors (Lipinski definition) is 3. The number of nitrogens with zero attached hydrogens (tertiary/aromatic N) is 2. The van der Waals surface area contributed by atoms with Crippen molar-refractivity contribution >= 4 is 214 Å². The van der Waals surface area contributed by atoms with E-state index in [1.165, 1.54) is 97.9 Å². The molecular formula is C112H141Br2Cl7LiN5O17S4. The van der Waals surface area contributed by atoms with Crippen LogP contribution in [-0.2, 0) is 63.9 Å². The van der Waals surface area contributed by atoms with E-state index in [1.807, 2.05) is 109 Å². The third kappa shape index (κ3) is 46.4. The van der Waals surface area contributed by atoms with Gasteiger partial charge in [0.05, 0.1) is 57.0 Å². The zero-order valence-corrected chi connectivity index (χ0v) is 98.1. The molecule has 0 radical (unpaired) electrons. The minimum absolute atomic E-state index is 0. The molecule has 148 heavy (non-hydrogen) atoms. The van der Waals surface area contributed by atoms with Crippen molar-refractivity contribution in [3.05, 3.63) is 301 Å². The summed E-state index contributed by atoms with van der Waals surface area (Å²) >= 11 is 48.8. The van der Waals surface area contributed by atoms with Gasteiger partial charge in [0.2, 0.25) is 5.91 Å². The molecule has 2 atom stereocenters. The predicted octanol–water partition coefficient (Wildman–Crippen LogP) is 30.5. The Morgan fingerprint density at radius 2 is 0.959 bits per heavy atom. The fourth-order valence-electron chi connectivity index (χ4n) is 15.6. The minimum atomic E-state index is -1.06. The van der Waals surface area contributed by atoms with E-state index in [0.29, 0.717) is 76.3 Å². The standard InChI is InChI=1S/C17H18ClNO2S.C16H15ClOS.C15H20ClNO3.C15H14ClNOS.C10H10ClN.C10H18O5.C9H15NO3.C7H7BrO2S.C6H4BrCl.C4H9.C2H6.CH4.ClH.Li/c18-14-4-1-3-12(9-14)17(5-2-6-19-17)13-10-15(22-11-13)16-20-7-8-21-16;17-14-5-3-4-12(8-14)16(6-1-2-7-16)13-9-15(10-18)19-11-13;1-15(2,3)20-14(19)17-9-5-8-13(18)11-6-4-7-12(16)10-11;16-13-4-1-3-11(7-13)15(5-2-6-17-15)12-8-14(9-18)19-10-12;11-9-4-1-3-8(7-9)10-5-2-6-12-10;1-9(2,3)14-7(11)13-8(12)15-10(4,5)6;1-9(2,3)13-8(12)10-6-4-5-7(10)11;8-5-3-6(11-4-5)7-9-1-2-10-7;7-5-2-1-3-6(8)4-5;1-3-4-2;1-2;;;/h1,3-4,9-11,16,19H,2,5-8H2;3-5,8-11H,1-2,6-7H2;4,6-7,10H,5,8-9H2,1-3H3,(H,17,19);1,3-4,7-10,17H,2,5-6H2;1,3-4,7H,2,5-6H2;1-6H3;4-6H2,1-3H3;3-4,7H,1-2H2;1-4H;1,3-4H2,2H3;1-2H3;1H4;1H;/q;;;;;;;;;-1;;;;+1/i;;;;;;;;;;1D;;;. The quantitative estimate of drug-likeness (QED) is 0.0112. The van der Waals surface area contributed by atoms with Gasteiger partial charge in [0.15, 0.2) is 30.9 Å². The van der Waals surface area contributed by atoms with Crippen LogP contribution in [0.4, 0.5) is 19.2 Å². The molecule has 0 spiro atoms. The molecule has 0 bridgehead atoms. The number of ketones is 1. The molecule has 804 valence electrons. The van der Waals surface area contributed by atoms with E-state index in [1.54, 1.807) is 137 Å². The number of Topliss-reactive ketones (excluding diaryl/α,β-unsaturated/α-hetero) is 1. The van der Waals surface area contributed by atoms with Crippen LogP contribution in [0.25, 0.3) is 0 Å². The van der Waals surface area contributed by atoms with Crippen LogP contribution in [0.1, 0.15) is 306 Å². The molecule has 1 aliphatic carbocycles. The van der Waals surface area contributed by atoms with Crippen molar-refractivity contribution in [1.29, 1.82) is 0 Å². The van der Waals surface area contributed by atoms with Gasteiger partial charge in [0, 0.05) is 95.0 Å². The first-order valence-corrected chi connectivity index (χ1v) is 55.5. The number of aldehydes is 2. The number of amides is 3. The molecule has 10 aromatic rings. The Bertz CT molecular complexity index is 5630. The summed E-state index contributed by atoms with van der Waals surface area (Å²) in [6, 6.07) is 54.9. The predicted molar refractivity (Wildman–Crippen MR) is 611 cm³/mol. The zero-order valence-electron chi connectivity index (χ0n) is 87.3. The molecule has 2 unspecified atom stereocenters. The normalized spacial score (nSPS) is 16.8. The van der Waals surface area contributed by atoms with Crippen LogP contribution in [0.2, 0.25) is 30.1 Å². The van der Waals surface area contributed by atoms with Gasteiger partial charge < -0.3 is 65.5 Å². The molecule has 17 rings (SSSR count). The SMILES string of the molecule is Brc1csc(C2OCCO2)c1.C.CC(C)(C)OC(=O)N1CCCC1=O.CC(C)(C)OC(=O)NCCCC(=O)c1cccc(Cl)c1.CC(C)(C)OC(=O)OC(=O)OC(C)(C)C.Cl.Clc1cccc(Br)c1.Clc1cccc(C2(c3csc(C4OCCO4)c3)CCCN2)c1.Clc1cccc(C2=NCCC2)c1.O=Cc1cc(C2(c3cccc(Cl)c3)CCCC2)cs1.O=Cc1cc(C2(c3cccc(Cl)c3)CCCN2)cs1.[2H]CC.[CH2-]CCC.[Li+]. The van der Waals surface area contributed by atoms with E-state index < -0.39 is 46.9 Å². The van der Waals surface area contributed by atoms with E-state index >= 15 is 0 Å². The van der Waals surface area contributed by atoms with Crippen molar-refractivity contribution in [3.63, 3.8) is 0 Å². The fraction of sp³-hybridized carbons (Fsp3) is 0.446. The number of rotatable bonds is 17. The second kappa shape index (κ2) is 67.0. The number of hydrogen-bond acceptors (Lipinski definition) is 24. The second-order valence-corrected chi connectivity index (χ2v) is 46.0. The number of unbranched alkanes of at least 4 members (excludes halogenated alkanes) is 1. The average Bonchev–Trinajstić information content (AvgIpc) is 1.28. The number of likely N-dealkylation sites (tertiary alicyclic amines) is 1.